The molecular weight excluding hydrogens is 382 g/mol. The van der Waals surface area contributed by atoms with Gasteiger partial charge in [-0.25, -0.2) is 4.68 Å². The summed E-state index contributed by atoms with van der Waals surface area (Å²) in [5.41, 5.74) is 5.38. The molecule has 1 aromatic heterocycles. The summed E-state index contributed by atoms with van der Waals surface area (Å²) in [4.78, 5) is 12.8. The Morgan fingerprint density at radius 1 is 1.19 bits per heavy atom. The van der Waals surface area contributed by atoms with Crippen molar-refractivity contribution in [3.05, 3.63) is 81.2 Å². The van der Waals surface area contributed by atoms with Crippen molar-refractivity contribution in [1.29, 1.82) is 0 Å². The molecule has 0 fully saturated rings. The van der Waals surface area contributed by atoms with Gasteiger partial charge in [-0.05, 0) is 49.5 Å². The van der Waals surface area contributed by atoms with E-state index in [1.54, 1.807) is 21.5 Å². The molecule has 0 radical (unpaired) electrons. The van der Waals surface area contributed by atoms with Gasteiger partial charge in [0.05, 0.1) is 17.5 Å². The quantitative estimate of drug-likeness (QED) is 0.400. The number of para-hydroxylation sites is 1. The van der Waals surface area contributed by atoms with E-state index >= 15 is 0 Å². The lowest BCUT2D eigenvalue weighted by Gasteiger charge is -2.07. The molecule has 27 heavy (non-hydrogen) atoms. The molecule has 0 saturated heterocycles. The van der Waals surface area contributed by atoms with Gasteiger partial charge in [-0.1, -0.05) is 35.9 Å². The molecule has 0 aliphatic heterocycles. The maximum atomic E-state index is 12.8. The van der Waals surface area contributed by atoms with E-state index in [2.05, 4.69) is 15.8 Å². The molecular formula is C19H18ClN5OS. The fourth-order valence-electron chi connectivity index (χ4n) is 2.62. The molecule has 6 nitrogen and oxygen atoms in total. The van der Waals surface area contributed by atoms with Gasteiger partial charge in [0.25, 0.3) is 5.56 Å². The lowest BCUT2D eigenvalue weighted by molar-refractivity contribution is 0.630. The van der Waals surface area contributed by atoms with Crippen molar-refractivity contribution in [2.45, 2.75) is 6.92 Å². The highest BCUT2D eigenvalue weighted by Gasteiger charge is 2.14. The van der Waals surface area contributed by atoms with Crippen LogP contribution in [0.25, 0.3) is 5.69 Å². The molecule has 0 aliphatic rings. The van der Waals surface area contributed by atoms with E-state index in [1.807, 2.05) is 56.4 Å². The molecule has 0 spiro atoms. The van der Waals surface area contributed by atoms with Gasteiger partial charge in [0.1, 0.15) is 0 Å². The number of halogens is 1. The summed E-state index contributed by atoms with van der Waals surface area (Å²) in [6, 6.07) is 16.6. The van der Waals surface area contributed by atoms with Crippen molar-refractivity contribution in [3.8, 4) is 5.69 Å². The number of anilines is 1. The maximum Gasteiger partial charge on any atom is 0.280 e. The Labute approximate surface area is 167 Å². The van der Waals surface area contributed by atoms with E-state index in [-0.39, 0.29) is 5.56 Å². The molecule has 2 N–H and O–H groups in total. The van der Waals surface area contributed by atoms with Crippen molar-refractivity contribution in [2.24, 2.45) is 12.1 Å². The van der Waals surface area contributed by atoms with Crippen LogP contribution in [0.3, 0.4) is 0 Å². The van der Waals surface area contributed by atoms with Crippen LogP contribution in [0.15, 0.2) is 64.5 Å². The Balaban J connectivity index is 1.76. The largest absolute Gasteiger partial charge is 0.331 e. The fourth-order valence-corrected chi connectivity index (χ4v) is 2.98. The van der Waals surface area contributed by atoms with E-state index in [0.717, 1.165) is 17.1 Å². The zero-order valence-corrected chi connectivity index (χ0v) is 16.4. The van der Waals surface area contributed by atoms with Crippen LogP contribution in [0.1, 0.15) is 11.3 Å². The van der Waals surface area contributed by atoms with Gasteiger partial charge >= 0.3 is 0 Å². The smallest absolute Gasteiger partial charge is 0.280 e. The number of rotatable bonds is 4. The van der Waals surface area contributed by atoms with Gasteiger partial charge in [-0.2, -0.15) is 5.10 Å². The molecule has 138 valence electrons. The van der Waals surface area contributed by atoms with Crippen molar-refractivity contribution in [3.63, 3.8) is 0 Å². The Morgan fingerprint density at radius 2 is 1.93 bits per heavy atom. The van der Waals surface area contributed by atoms with E-state index in [0.29, 0.717) is 15.7 Å². The van der Waals surface area contributed by atoms with Crippen LogP contribution in [0.4, 0.5) is 5.69 Å². The Kier molecular flexibility index (Phi) is 5.73. The number of benzene rings is 2. The van der Waals surface area contributed by atoms with Gasteiger partial charge in [-0.15, -0.1) is 0 Å². The van der Waals surface area contributed by atoms with Gasteiger partial charge < -0.3 is 5.32 Å². The second-order valence-corrected chi connectivity index (χ2v) is 6.65. The van der Waals surface area contributed by atoms with E-state index in [4.69, 9.17) is 23.8 Å². The average Bonchev–Trinajstić information content (AvgIpc) is 2.85. The number of aromatic nitrogens is 2. The minimum absolute atomic E-state index is 0.152. The van der Waals surface area contributed by atoms with Crippen LogP contribution in [0.2, 0.25) is 5.02 Å². The molecule has 0 bridgehead atoms. The molecule has 2 aromatic carbocycles. The van der Waals surface area contributed by atoms with Crippen LogP contribution in [0.5, 0.6) is 0 Å². The average molecular weight is 400 g/mol. The Morgan fingerprint density at radius 3 is 2.63 bits per heavy atom. The minimum Gasteiger partial charge on any atom is -0.331 e. The van der Waals surface area contributed by atoms with Gasteiger partial charge in [0.15, 0.2) is 5.11 Å². The molecule has 0 saturated carbocycles. The summed E-state index contributed by atoms with van der Waals surface area (Å²) in [5, 5.41) is 7.97. The van der Waals surface area contributed by atoms with Crippen molar-refractivity contribution < 1.29 is 0 Å². The second-order valence-electron chi connectivity index (χ2n) is 5.81. The third kappa shape index (κ3) is 4.27. The van der Waals surface area contributed by atoms with Gasteiger partial charge in [-0.3, -0.25) is 14.9 Å². The standard InChI is InChI=1S/C19H18ClN5OS/c1-13-17(18(26)25(24(13)2)16-9-4-3-5-10-16)12-21-23-19(27)22-15-8-6-7-14(20)11-15/h3-12H,1-2H3,(H2,22,23,27)/b21-12+. The summed E-state index contributed by atoms with van der Waals surface area (Å²) in [6.45, 7) is 1.87. The zero-order chi connectivity index (χ0) is 19.4. The summed E-state index contributed by atoms with van der Waals surface area (Å²) in [5.74, 6) is 0. The summed E-state index contributed by atoms with van der Waals surface area (Å²) < 4.78 is 3.39. The van der Waals surface area contributed by atoms with Crippen LogP contribution in [-0.4, -0.2) is 20.7 Å². The SMILES string of the molecule is Cc1c(/C=N/NC(=S)Nc2cccc(Cl)c2)c(=O)n(-c2ccccc2)n1C. The van der Waals surface area contributed by atoms with Crippen molar-refractivity contribution in [1.82, 2.24) is 14.8 Å². The number of hydrogen-bond donors (Lipinski definition) is 2. The number of nitrogens with one attached hydrogen (secondary N) is 2. The summed E-state index contributed by atoms with van der Waals surface area (Å²) in [7, 11) is 1.83. The highest BCUT2D eigenvalue weighted by Crippen LogP contribution is 2.14. The lowest BCUT2D eigenvalue weighted by Crippen LogP contribution is -2.24. The van der Waals surface area contributed by atoms with Crippen LogP contribution in [0, 0.1) is 6.92 Å². The molecule has 3 aromatic rings. The summed E-state index contributed by atoms with van der Waals surface area (Å²) in [6.07, 6.45) is 1.48. The van der Waals surface area contributed by atoms with E-state index in [9.17, 15) is 4.79 Å². The number of hydrogen-bond acceptors (Lipinski definition) is 3. The first-order chi connectivity index (χ1) is 13.0. The maximum absolute atomic E-state index is 12.8. The topological polar surface area (TPSA) is 63.4 Å². The molecule has 0 atom stereocenters. The third-order valence-electron chi connectivity index (χ3n) is 4.04. The molecule has 0 unspecified atom stereocenters. The first-order valence-corrected chi connectivity index (χ1v) is 8.95. The third-order valence-corrected chi connectivity index (χ3v) is 4.47. The highest BCUT2D eigenvalue weighted by molar-refractivity contribution is 7.80. The molecule has 0 aliphatic carbocycles. The Hall–Kier alpha value is -2.90. The van der Waals surface area contributed by atoms with E-state index < -0.39 is 0 Å². The van der Waals surface area contributed by atoms with Crippen LogP contribution in [-0.2, 0) is 7.05 Å². The predicted molar refractivity (Wildman–Crippen MR) is 114 cm³/mol. The van der Waals surface area contributed by atoms with E-state index in [1.165, 1.54) is 6.21 Å². The highest BCUT2D eigenvalue weighted by atomic mass is 35.5. The Bertz CT molecular complexity index is 1060. The zero-order valence-electron chi connectivity index (χ0n) is 14.8. The minimum atomic E-state index is -0.152. The normalized spacial score (nSPS) is 10.9. The number of nitrogens with zero attached hydrogens (tertiary/aromatic N) is 3. The fraction of sp³-hybridized carbons (Fsp3) is 0.105. The monoisotopic (exact) mass is 399 g/mol. The predicted octanol–water partition coefficient (Wildman–Crippen LogP) is 3.46. The lowest BCUT2D eigenvalue weighted by atomic mass is 10.3. The van der Waals surface area contributed by atoms with Gasteiger partial charge in [0, 0.05) is 23.5 Å². The number of hydrazone groups is 1. The molecule has 0 amide bonds. The van der Waals surface area contributed by atoms with Crippen LogP contribution >= 0.6 is 23.8 Å². The number of thiocarbonyl (C=S) groups is 1. The molecule has 3 rings (SSSR count). The van der Waals surface area contributed by atoms with Crippen molar-refractivity contribution in [2.75, 3.05) is 5.32 Å². The van der Waals surface area contributed by atoms with Crippen molar-refractivity contribution >= 4 is 40.8 Å². The first-order valence-electron chi connectivity index (χ1n) is 8.17. The molecule has 8 heteroatoms. The second kappa shape index (κ2) is 8.20. The van der Waals surface area contributed by atoms with Crippen LogP contribution < -0.4 is 16.3 Å². The molecule has 1 heterocycles. The summed E-state index contributed by atoms with van der Waals surface area (Å²) >= 11 is 11.1. The first kappa shape index (κ1) is 18.9. The van der Waals surface area contributed by atoms with Gasteiger partial charge in [0.2, 0.25) is 0 Å².